The van der Waals surface area contributed by atoms with Crippen LogP contribution in [0, 0.1) is 0 Å². The molecule has 0 bridgehead atoms. The molecule has 0 unspecified atom stereocenters. The van der Waals surface area contributed by atoms with Crippen LogP contribution < -0.4 is 0 Å². The lowest BCUT2D eigenvalue weighted by atomic mass is 9.99. The van der Waals surface area contributed by atoms with Crippen molar-refractivity contribution >= 4 is 54.4 Å². The molecule has 3 aromatic heterocycles. The van der Waals surface area contributed by atoms with Crippen molar-refractivity contribution in [2.24, 2.45) is 0 Å². The van der Waals surface area contributed by atoms with Gasteiger partial charge in [0.25, 0.3) is 0 Å². The van der Waals surface area contributed by atoms with Crippen LogP contribution >= 0.6 is 0 Å². The molecule has 0 aliphatic rings. The van der Waals surface area contributed by atoms with Crippen molar-refractivity contribution in [3.05, 3.63) is 170 Å². The van der Waals surface area contributed by atoms with Gasteiger partial charge in [0.15, 0.2) is 0 Å². The summed E-state index contributed by atoms with van der Waals surface area (Å²) >= 11 is 0. The molecule has 4 nitrogen and oxygen atoms in total. The zero-order valence-electron chi connectivity index (χ0n) is 26.0. The lowest BCUT2D eigenvalue weighted by Gasteiger charge is -2.15. The number of aromatic nitrogens is 4. The number of pyridine rings is 1. The summed E-state index contributed by atoms with van der Waals surface area (Å²) in [6.45, 7) is 0. The molecule has 0 aliphatic heterocycles. The van der Waals surface area contributed by atoms with Crippen molar-refractivity contribution in [2.75, 3.05) is 0 Å². The van der Waals surface area contributed by atoms with Crippen LogP contribution in [0.15, 0.2) is 170 Å². The van der Waals surface area contributed by atoms with Crippen LogP contribution in [-0.4, -0.2) is 19.1 Å². The Bertz CT molecular complexity index is 2830. The van der Waals surface area contributed by atoms with Gasteiger partial charge < -0.3 is 4.57 Å². The largest absolute Gasteiger partial charge is 0.309 e. The predicted molar refractivity (Wildman–Crippen MR) is 199 cm³/mol. The van der Waals surface area contributed by atoms with Gasteiger partial charge >= 0.3 is 0 Å². The average Bonchev–Trinajstić information content (AvgIpc) is 3.73. The first-order valence-corrected chi connectivity index (χ1v) is 16.3. The molecule has 10 rings (SSSR count). The number of fused-ring (bicyclic) bond motifs is 9. The summed E-state index contributed by atoms with van der Waals surface area (Å²) in [5.41, 5.74) is 9.99. The van der Waals surface area contributed by atoms with E-state index in [2.05, 4.69) is 172 Å². The summed E-state index contributed by atoms with van der Waals surface area (Å²) in [7, 11) is 0. The molecule has 0 atom stereocenters. The Hall–Kier alpha value is -6.52. The third kappa shape index (κ3) is 3.90. The van der Waals surface area contributed by atoms with E-state index >= 15 is 0 Å². The molecule has 0 spiro atoms. The van der Waals surface area contributed by atoms with E-state index in [1.54, 1.807) is 0 Å². The number of imidazole rings is 1. The van der Waals surface area contributed by atoms with Gasteiger partial charge in [0.2, 0.25) is 0 Å². The van der Waals surface area contributed by atoms with E-state index < -0.39 is 0 Å². The highest BCUT2D eigenvalue weighted by atomic mass is 15.1. The smallest absolute Gasteiger partial charge is 0.145 e. The number of rotatable bonds is 4. The molecular formula is C44H28N4. The molecule has 0 saturated carbocycles. The maximum Gasteiger partial charge on any atom is 0.145 e. The van der Waals surface area contributed by atoms with Crippen LogP contribution in [0.2, 0.25) is 0 Å². The first-order valence-electron chi connectivity index (χ1n) is 16.3. The first-order chi connectivity index (χ1) is 23.8. The number of nitrogens with zero attached hydrogens (tertiary/aromatic N) is 4. The summed E-state index contributed by atoms with van der Waals surface area (Å²) in [5, 5.41) is 7.10. The molecule has 224 valence electrons. The molecule has 10 aromatic rings. The minimum absolute atomic E-state index is 0.923. The van der Waals surface area contributed by atoms with E-state index in [4.69, 9.17) is 4.98 Å². The topological polar surface area (TPSA) is 35.6 Å². The van der Waals surface area contributed by atoms with Crippen LogP contribution in [0.3, 0.4) is 0 Å². The molecule has 0 amide bonds. The van der Waals surface area contributed by atoms with Crippen LogP contribution in [-0.2, 0) is 0 Å². The average molecular weight is 613 g/mol. The van der Waals surface area contributed by atoms with E-state index in [1.165, 1.54) is 27.1 Å². The number of para-hydroxylation sites is 2. The summed E-state index contributed by atoms with van der Waals surface area (Å²) < 4.78 is 4.73. The Balaban J connectivity index is 1.30. The van der Waals surface area contributed by atoms with Crippen LogP contribution in [0.4, 0.5) is 0 Å². The predicted octanol–water partition coefficient (Wildman–Crippen LogP) is 11.2. The maximum atomic E-state index is 5.42. The Morgan fingerprint density at radius 1 is 0.417 bits per heavy atom. The minimum atomic E-state index is 0.923. The minimum Gasteiger partial charge on any atom is -0.309 e. The second-order valence-electron chi connectivity index (χ2n) is 12.2. The highest BCUT2D eigenvalue weighted by molar-refractivity contribution is 6.24. The maximum absolute atomic E-state index is 5.42. The second-order valence-corrected chi connectivity index (χ2v) is 12.2. The molecule has 4 heteroatoms. The highest BCUT2D eigenvalue weighted by Gasteiger charge is 2.21. The third-order valence-electron chi connectivity index (χ3n) is 9.58. The SMILES string of the molecule is c1ccc(-c2nc3c4ccccc4c4ccccc4c3n2-c2cccc(-c3cccc4c5cnccc5n(-c5ccccc5)c34)c2)cc1. The van der Waals surface area contributed by atoms with E-state index in [0.29, 0.717) is 0 Å². The van der Waals surface area contributed by atoms with Gasteiger partial charge in [-0.25, -0.2) is 4.98 Å². The standard InChI is InChI=1S/C44H28N4/c1-3-13-29(14-4-1)44-46-41-36-21-9-7-19-34(36)35-20-8-10-22-37(35)43(41)48(44)32-18-11-15-30(27-32)33-23-12-24-38-39-28-45-26-25-40(39)47(42(33)38)31-16-5-2-6-17-31/h1-28H. The number of benzene rings is 7. The quantitative estimate of drug-likeness (QED) is 0.185. The number of hydrogen-bond acceptors (Lipinski definition) is 2. The molecule has 0 radical (unpaired) electrons. The molecule has 0 aliphatic carbocycles. The Kier molecular flexibility index (Phi) is 5.84. The lowest BCUT2D eigenvalue weighted by Crippen LogP contribution is -1.99. The van der Waals surface area contributed by atoms with Crippen LogP contribution in [0.25, 0.3) is 88.3 Å². The fourth-order valence-electron chi connectivity index (χ4n) is 7.54. The Morgan fingerprint density at radius 2 is 1.02 bits per heavy atom. The van der Waals surface area contributed by atoms with Crippen molar-refractivity contribution < 1.29 is 0 Å². The van der Waals surface area contributed by atoms with Crippen molar-refractivity contribution in [2.45, 2.75) is 0 Å². The van der Waals surface area contributed by atoms with Gasteiger partial charge in [-0.05, 0) is 46.7 Å². The molecule has 3 heterocycles. The lowest BCUT2D eigenvalue weighted by molar-refractivity contribution is 1.11. The second kappa shape index (κ2) is 10.5. The van der Waals surface area contributed by atoms with Crippen molar-refractivity contribution in [3.63, 3.8) is 0 Å². The van der Waals surface area contributed by atoms with E-state index in [9.17, 15) is 0 Å². The highest BCUT2D eigenvalue weighted by Crippen LogP contribution is 2.41. The molecular weight excluding hydrogens is 585 g/mol. The van der Waals surface area contributed by atoms with E-state index in [1.807, 2.05) is 12.4 Å². The Labute approximate surface area is 276 Å². The number of hydrogen-bond donors (Lipinski definition) is 0. The zero-order valence-corrected chi connectivity index (χ0v) is 26.0. The molecule has 0 N–H and O–H groups in total. The van der Waals surface area contributed by atoms with Gasteiger partial charge in [0, 0.05) is 56.4 Å². The van der Waals surface area contributed by atoms with Crippen molar-refractivity contribution in [1.29, 1.82) is 0 Å². The summed E-state index contributed by atoms with van der Waals surface area (Å²) in [5.74, 6) is 0.923. The van der Waals surface area contributed by atoms with Gasteiger partial charge in [-0.2, -0.15) is 0 Å². The zero-order chi connectivity index (χ0) is 31.6. The summed E-state index contributed by atoms with van der Waals surface area (Å²) in [6.07, 6.45) is 3.86. The molecule has 7 aromatic carbocycles. The van der Waals surface area contributed by atoms with Crippen LogP contribution in [0.5, 0.6) is 0 Å². The first kappa shape index (κ1) is 26.7. The van der Waals surface area contributed by atoms with Gasteiger partial charge in [-0.1, -0.05) is 127 Å². The summed E-state index contributed by atoms with van der Waals surface area (Å²) in [4.78, 5) is 9.93. The summed E-state index contributed by atoms with van der Waals surface area (Å²) in [6, 6.07) is 56.1. The van der Waals surface area contributed by atoms with Crippen molar-refractivity contribution in [3.8, 4) is 33.9 Å². The van der Waals surface area contributed by atoms with Gasteiger partial charge in [0.1, 0.15) is 5.82 Å². The van der Waals surface area contributed by atoms with E-state index in [0.717, 1.165) is 61.2 Å². The van der Waals surface area contributed by atoms with Gasteiger partial charge in [-0.15, -0.1) is 0 Å². The molecule has 0 fully saturated rings. The fraction of sp³-hybridized carbons (Fsp3) is 0. The third-order valence-corrected chi connectivity index (χ3v) is 9.58. The molecule has 0 saturated heterocycles. The van der Waals surface area contributed by atoms with Gasteiger partial charge in [-0.3, -0.25) is 9.55 Å². The van der Waals surface area contributed by atoms with E-state index in [-0.39, 0.29) is 0 Å². The monoisotopic (exact) mass is 612 g/mol. The van der Waals surface area contributed by atoms with Gasteiger partial charge in [0.05, 0.1) is 22.1 Å². The normalized spacial score (nSPS) is 11.8. The Morgan fingerprint density at radius 3 is 1.83 bits per heavy atom. The molecule has 48 heavy (non-hydrogen) atoms. The fourth-order valence-corrected chi connectivity index (χ4v) is 7.54. The van der Waals surface area contributed by atoms with Crippen LogP contribution in [0.1, 0.15) is 0 Å². The van der Waals surface area contributed by atoms with Crippen molar-refractivity contribution in [1.82, 2.24) is 19.1 Å².